The highest BCUT2D eigenvalue weighted by Crippen LogP contribution is 2.24. The van der Waals surface area contributed by atoms with Crippen LogP contribution in [0.2, 0.25) is 0 Å². The first-order valence-electron chi connectivity index (χ1n) is 10.0. The minimum atomic E-state index is -3.85. The van der Waals surface area contributed by atoms with Gasteiger partial charge in [0.25, 0.3) is 5.91 Å². The summed E-state index contributed by atoms with van der Waals surface area (Å²) in [5, 5.41) is 5.54. The largest absolute Gasteiger partial charge is 0.350 e. The second-order valence-corrected chi connectivity index (χ2v) is 9.14. The summed E-state index contributed by atoms with van der Waals surface area (Å²) in [6.07, 6.45) is 1.90. The van der Waals surface area contributed by atoms with Crippen LogP contribution in [0.25, 0.3) is 0 Å². The number of benzene rings is 2. The number of sulfonamides is 1. The van der Waals surface area contributed by atoms with Crippen molar-refractivity contribution < 1.29 is 22.4 Å². The molecule has 0 unspecified atom stereocenters. The number of rotatable bonds is 9. The summed E-state index contributed by atoms with van der Waals surface area (Å²) < 4.78 is 39.3. The molecule has 7 nitrogen and oxygen atoms in total. The van der Waals surface area contributed by atoms with Crippen molar-refractivity contribution in [2.45, 2.75) is 45.7 Å². The number of nitrogens with one attached hydrogen (secondary N) is 2. The number of amides is 2. The maximum absolute atomic E-state index is 13.3. The zero-order valence-electron chi connectivity index (χ0n) is 18.1. The fourth-order valence-corrected chi connectivity index (χ4v) is 4.27. The number of para-hydroxylation sites is 1. The lowest BCUT2D eigenvalue weighted by atomic mass is 10.1. The lowest BCUT2D eigenvalue weighted by molar-refractivity contribution is -0.117. The van der Waals surface area contributed by atoms with Crippen molar-refractivity contribution in [2.24, 2.45) is 0 Å². The van der Waals surface area contributed by atoms with Crippen LogP contribution in [0.5, 0.6) is 0 Å². The van der Waals surface area contributed by atoms with Gasteiger partial charge in [0.15, 0.2) is 0 Å². The zero-order chi connectivity index (χ0) is 23.2. The first kappa shape index (κ1) is 24.3. The van der Waals surface area contributed by atoms with Crippen molar-refractivity contribution in [3.63, 3.8) is 0 Å². The van der Waals surface area contributed by atoms with Crippen molar-refractivity contribution in [1.82, 2.24) is 5.32 Å². The quantitative estimate of drug-likeness (QED) is 0.612. The van der Waals surface area contributed by atoms with Crippen LogP contribution in [-0.2, 0) is 14.8 Å². The number of hydrogen-bond acceptors (Lipinski definition) is 4. The molecule has 0 spiro atoms. The Morgan fingerprint density at radius 1 is 1.03 bits per heavy atom. The molecule has 31 heavy (non-hydrogen) atoms. The summed E-state index contributed by atoms with van der Waals surface area (Å²) in [5.41, 5.74) is 0.728. The Hall–Kier alpha value is -2.94. The van der Waals surface area contributed by atoms with E-state index in [1.54, 1.807) is 31.2 Å². The summed E-state index contributed by atoms with van der Waals surface area (Å²) in [6.45, 7) is 5.49. The molecule has 168 valence electrons. The van der Waals surface area contributed by atoms with Gasteiger partial charge < -0.3 is 10.6 Å². The van der Waals surface area contributed by atoms with Gasteiger partial charge in [0.1, 0.15) is 11.9 Å². The van der Waals surface area contributed by atoms with Crippen LogP contribution in [0, 0.1) is 5.82 Å². The second kappa shape index (κ2) is 10.4. The number of carbonyl (C=O) groups is 2. The standard InChI is InChI=1S/C22H28FN3O4S/c1-5-15(3)24-21(27)18-9-7-8-10-19(18)25-22(28)20(6-2)26(31(4,29)30)17-13-11-16(23)12-14-17/h7-15,20H,5-6H2,1-4H3,(H,24,27)(H,25,28)/t15-,20+/m0/s1. The Morgan fingerprint density at radius 3 is 2.19 bits per heavy atom. The Balaban J connectivity index is 2.36. The van der Waals surface area contributed by atoms with Gasteiger partial charge >= 0.3 is 0 Å². The normalized spacial score (nSPS) is 13.2. The topological polar surface area (TPSA) is 95.6 Å². The van der Waals surface area contributed by atoms with Gasteiger partial charge in [-0.25, -0.2) is 12.8 Å². The van der Waals surface area contributed by atoms with Crippen molar-refractivity contribution in [3.8, 4) is 0 Å². The van der Waals surface area contributed by atoms with Gasteiger partial charge in [0.2, 0.25) is 15.9 Å². The van der Waals surface area contributed by atoms with Crippen LogP contribution in [0.15, 0.2) is 48.5 Å². The van der Waals surface area contributed by atoms with Gasteiger partial charge in [-0.1, -0.05) is 26.0 Å². The van der Waals surface area contributed by atoms with Gasteiger partial charge in [0.05, 0.1) is 23.2 Å². The second-order valence-electron chi connectivity index (χ2n) is 7.28. The molecule has 0 saturated heterocycles. The molecule has 0 saturated carbocycles. The average Bonchev–Trinajstić information content (AvgIpc) is 2.72. The van der Waals surface area contributed by atoms with E-state index < -0.39 is 27.8 Å². The van der Waals surface area contributed by atoms with Crippen molar-refractivity contribution >= 4 is 33.2 Å². The van der Waals surface area contributed by atoms with Crippen LogP contribution in [0.3, 0.4) is 0 Å². The molecular formula is C22H28FN3O4S. The fourth-order valence-electron chi connectivity index (χ4n) is 3.06. The molecule has 2 aromatic rings. The molecule has 2 rings (SSSR count). The molecule has 0 heterocycles. The van der Waals surface area contributed by atoms with Crippen molar-refractivity contribution in [2.75, 3.05) is 15.9 Å². The van der Waals surface area contributed by atoms with Crippen molar-refractivity contribution in [3.05, 3.63) is 59.9 Å². The summed E-state index contributed by atoms with van der Waals surface area (Å²) in [5.74, 6) is -1.45. The minimum Gasteiger partial charge on any atom is -0.350 e. The van der Waals surface area contributed by atoms with E-state index in [4.69, 9.17) is 0 Å². The Kier molecular flexibility index (Phi) is 8.15. The highest BCUT2D eigenvalue weighted by molar-refractivity contribution is 7.92. The van der Waals surface area contributed by atoms with Crippen LogP contribution in [0.1, 0.15) is 44.0 Å². The molecule has 0 bridgehead atoms. The van der Waals surface area contributed by atoms with E-state index in [0.29, 0.717) is 0 Å². The summed E-state index contributed by atoms with van der Waals surface area (Å²) in [7, 11) is -3.85. The number of nitrogens with zero attached hydrogens (tertiary/aromatic N) is 1. The third kappa shape index (κ3) is 6.27. The maximum Gasteiger partial charge on any atom is 0.253 e. The molecule has 0 aliphatic rings. The molecule has 9 heteroatoms. The van der Waals surface area contributed by atoms with Gasteiger partial charge in [-0.2, -0.15) is 0 Å². The van der Waals surface area contributed by atoms with Gasteiger partial charge in [-0.15, -0.1) is 0 Å². The lowest BCUT2D eigenvalue weighted by Gasteiger charge is -2.30. The molecule has 0 fully saturated rings. The van der Waals surface area contributed by atoms with Crippen LogP contribution in [0.4, 0.5) is 15.8 Å². The Bertz CT molecular complexity index is 1030. The third-order valence-electron chi connectivity index (χ3n) is 4.83. The van der Waals surface area contributed by atoms with Crippen LogP contribution in [-0.4, -0.2) is 38.6 Å². The predicted molar refractivity (Wildman–Crippen MR) is 120 cm³/mol. The monoisotopic (exact) mass is 449 g/mol. The molecule has 0 aromatic heterocycles. The van der Waals surface area contributed by atoms with Crippen LogP contribution < -0.4 is 14.9 Å². The highest BCUT2D eigenvalue weighted by atomic mass is 32.2. The number of halogens is 1. The fraction of sp³-hybridized carbons (Fsp3) is 0.364. The van der Waals surface area contributed by atoms with E-state index >= 15 is 0 Å². The Morgan fingerprint density at radius 2 is 1.65 bits per heavy atom. The minimum absolute atomic E-state index is 0.0427. The Labute approximate surface area is 182 Å². The van der Waals surface area contributed by atoms with Crippen LogP contribution >= 0.6 is 0 Å². The number of anilines is 2. The van der Waals surface area contributed by atoms with E-state index in [9.17, 15) is 22.4 Å². The SMILES string of the molecule is CC[C@H](C(=O)Nc1ccccc1C(=O)N[C@@H](C)CC)N(c1ccc(F)cc1)S(C)(=O)=O. The van der Waals surface area contributed by atoms with E-state index in [0.717, 1.165) is 29.1 Å². The first-order chi connectivity index (χ1) is 14.6. The van der Waals surface area contributed by atoms with Gasteiger partial charge in [0, 0.05) is 6.04 Å². The zero-order valence-corrected chi connectivity index (χ0v) is 18.9. The molecule has 2 aromatic carbocycles. The summed E-state index contributed by atoms with van der Waals surface area (Å²) in [6, 6.07) is 10.3. The molecule has 0 aliphatic carbocycles. The van der Waals surface area contributed by atoms with E-state index in [1.165, 1.54) is 12.1 Å². The average molecular weight is 450 g/mol. The molecule has 2 amide bonds. The van der Waals surface area contributed by atoms with E-state index in [1.807, 2.05) is 13.8 Å². The summed E-state index contributed by atoms with van der Waals surface area (Å²) in [4.78, 5) is 25.7. The molecule has 0 aliphatic heterocycles. The predicted octanol–water partition coefficient (Wildman–Crippen LogP) is 3.54. The van der Waals surface area contributed by atoms with E-state index in [-0.39, 0.29) is 35.3 Å². The first-order valence-corrected chi connectivity index (χ1v) is 11.9. The summed E-state index contributed by atoms with van der Waals surface area (Å²) >= 11 is 0. The molecular weight excluding hydrogens is 421 g/mol. The molecule has 2 N–H and O–H groups in total. The van der Waals surface area contributed by atoms with Gasteiger partial charge in [-0.05, 0) is 56.2 Å². The van der Waals surface area contributed by atoms with E-state index in [2.05, 4.69) is 10.6 Å². The van der Waals surface area contributed by atoms with Gasteiger partial charge in [-0.3, -0.25) is 13.9 Å². The van der Waals surface area contributed by atoms with Crippen molar-refractivity contribution in [1.29, 1.82) is 0 Å². The lowest BCUT2D eigenvalue weighted by Crippen LogP contribution is -2.47. The highest BCUT2D eigenvalue weighted by Gasteiger charge is 2.32. The third-order valence-corrected chi connectivity index (χ3v) is 6.01. The molecule has 0 radical (unpaired) electrons. The smallest absolute Gasteiger partial charge is 0.253 e. The maximum atomic E-state index is 13.3. The molecule has 2 atom stereocenters. The number of carbonyl (C=O) groups excluding carboxylic acids is 2. The number of hydrogen-bond donors (Lipinski definition) is 2.